The number of benzene rings is 1. The van der Waals surface area contributed by atoms with Crippen LogP contribution in [0.4, 0.5) is 18.3 Å². The summed E-state index contributed by atoms with van der Waals surface area (Å²) in [7, 11) is 0. The van der Waals surface area contributed by atoms with Gasteiger partial charge in [-0.2, -0.15) is 13.2 Å². The standard InChI is InChI=1S/C21H23F3N4OS.2C2H2O4/c22-21(23,24)18-3-1-2-17(14-18)16-4-7-27(8-5-16)19(29)15-26-9-11-28(12-10-26)20-25-6-13-30-20;2*3-1(4)2(5)6/h1-4,6,13-14H,5,7-12,15H2;2*(H,3,4)(H,5,6). The van der Waals surface area contributed by atoms with Crippen LogP contribution in [0.25, 0.3) is 5.57 Å². The molecule has 42 heavy (non-hydrogen) atoms. The number of carboxylic acids is 4. The highest BCUT2D eigenvalue weighted by Crippen LogP contribution is 2.32. The smallest absolute Gasteiger partial charge is 0.416 e. The minimum atomic E-state index is -4.35. The van der Waals surface area contributed by atoms with Crippen molar-refractivity contribution in [3.63, 3.8) is 0 Å². The molecule has 13 nitrogen and oxygen atoms in total. The van der Waals surface area contributed by atoms with Gasteiger partial charge in [0.05, 0.1) is 12.1 Å². The SMILES string of the molecule is O=C(CN1CCN(c2nccs2)CC1)N1CC=C(c2cccc(C(F)(F)F)c2)CC1.O=C(O)C(=O)O.O=C(O)C(=O)O. The number of hydrogen-bond donors (Lipinski definition) is 4. The first-order valence-corrected chi connectivity index (χ1v) is 13.0. The fourth-order valence-electron chi connectivity index (χ4n) is 3.81. The highest BCUT2D eigenvalue weighted by molar-refractivity contribution is 7.13. The number of carboxylic acid groups (broad SMARTS) is 4. The molecule has 3 heterocycles. The number of aromatic nitrogens is 1. The van der Waals surface area contributed by atoms with Crippen LogP contribution < -0.4 is 4.90 Å². The molecular weight excluding hydrogens is 589 g/mol. The zero-order chi connectivity index (χ0) is 31.4. The minimum Gasteiger partial charge on any atom is -0.473 e. The van der Waals surface area contributed by atoms with Crippen LogP contribution in [0, 0.1) is 0 Å². The van der Waals surface area contributed by atoms with Crippen molar-refractivity contribution in [1.82, 2.24) is 14.8 Å². The van der Waals surface area contributed by atoms with E-state index in [9.17, 15) is 18.0 Å². The van der Waals surface area contributed by atoms with Gasteiger partial charge in [-0.3, -0.25) is 9.69 Å². The molecule has 1 aromatic carbocycles. The van der Waals surface area contributed by atoms with Crippen LogP contribution >= 0.6 is 11.3 Å². The maximum atomic E-state index is 12.9. The Balaban J connectivity index is 0.000000434. The summed E-state index contributed by atoms with van der Waals surface area (Å²) in [6, 6.07) is 5.39. The first-order valence-electron chi connectivity index (χ1n) is 12.1. The van der Waals surface area contributed by atoms with Crippen molar-refractivity contribution in [2.24, 2.45) is 0 Å². The second kappa shape index (κ2) is 15.5. The lowest BCUT2D eigenvalue weighted by molar-refractivity contribution is -0.159. The van der Waals surface area contributed by atoms with Gasteiger partial charge in [-0.15, -0.1) is 11.3 Å². The van der Waals surface area contributed by atoms with Crippen LogP contribution in [0.15, 0.2) is 41.9 Å². The van der Waals surface area contributed by atoms with E-state index in [1.165, 1.54) is 12.1 Å². The van der Waals surface area contributed by atoms with Crippen molar-refractivity contribution in [2.45, 2.75) is 12.6 Å². The Hall–Kier alpha value is -4.51. The number of alkyl halides is 3. The van der Waals surface area contributed by atoms with Crippen LogP contribution in [0.1, 0.15) is 17.5 Å². The molecule has 0 atom stereocenters. The second-order valence-corrected chi connectivity index (χ2v) is 9.57. The lowest BCUT2D eigenvalue weighted by Gasteiger charge is -2.35. The second-order valence-electron chi connectivity index (χ2n) is 8.70. The Morgan fingerprint density at radius 2 is 1.48 bits per heavy atom. The van der Waals surface area contributed by atoms with E-state index in [0.717, 1.165) is 43.0 Å². The van der Waals surface area contributed by atoms with Crippen molar-refractivity contribution in [3.8, 4) is 0 Å². The number of piperazine rings is 1. The van der Waals surface area contributed by atoms with E-state index in [0.29, 0.717) is 31.6 Å². The topological polar surface area (TPSA) is 189 Å². The van der Waals surface area contributed by atoms with Crippen molar-refractivity contribution in [2.75, 3.05) is 50.7 Å². The highest BCUT2D eigenvalue weighted by atomic mass is 32.1. The van der Waals surface area contributed by atoms with Gasteiger partial charge >= 0.3 is 30.1 Å². The molecular formula is C25H27F3N4O9S. The van der Waals surface area contributed by atoms with E-state index in [2.05, 4.69) is 14.8 Å². The predicted octanol–water partition coefficient (Wildman–Crippen LogP) is 1.91. The number of carbonyl (C=O) groups excluding carboxylic acids is 1. The Bertz CT molecular complexity index is 1250. The molecule has 0 bridgehead atoms. The van der Waals surface area contributed by atoms with Crippen LogP contribution in [-0.2, 0) is 30.1 Å². The van der Waals surface area contributed by atoms with Crippen molar-refractivity contribution < 1.29 is 57.6 Å². The van der Waals surface area contributed by atoms with E-state index in [1.807, 2.05) is 11.5 Å². The van der Waals surface area contributed by atoms with Gasteiger partial charge in [-0.25, -0.2) is 24.2 Å². The molecule has 0 spiro atoms. The average molecular weight is 617 g/mol. The summed E-state index contributed by atoms with van der Waals surface area (Å²) < 4.78 is 38.8. The summed E-state index contributed by atoms with van der Waals surface area (Å²) in [5.41, 5.74) is 0.800. The van der Waals surface area contributed by atoms with Gasteiger partial charge in [0.25, 0.3) is 0 Å². The maximum absolute atomic E-state index is 12.9. The zero-order valence-electron chi connectivity index (χ0n) is 21.9. The molecule has 1 saturated heterocycles. The molecule has 4 rings (SSSR count). The van der Waals surface area contributed by atoms with E-state index in [1.54, 1.807) is 28.5 Å². The largest absolute Gasteiger partial charge is 0.473 e. The number of rotatable bonds is 4. The van der Waals surface area contributed by atoms with Gasteiger partial charge in [0.2, 0.25) is 5.91 Å². The summed E-state index contributed by atoms with van der Waals surface area (Å²) >= 11 is 1.62. The van der Waals surface area contributed by atoms with Crippen molar-refractivity contribution >= 4 is 51.8 Å². The molecule has 0 aliphatic carbocycles. The average Bonchev–Trinajstić information content (AvgIpc) is 3.49. The fraction of sp³-hybridized carbons (Fsp3) is 0.360. The molecule has 4 N–H and O–H groups in total. The number of amides is 1. The van der Waals surface area contributed by atoms with Crippen LogP contribution in [-0.4, -0.2) is 111 Å². The summed E-state index contributed by atoms with van der Waals surface area (Å²) in [5, 5.41) is 32.5. The number of hydrogen-bond acceptors (Lipinski definition) is 9. The molecule has 2 aliphatic heterocycles. The molecule has 2 aromatic rings. The number of anilines is 1. The summed E-state index contributed by atoms with van der Waals surface area (Å²) in [5.74, 6) is -7.23. The molecule has 0 saturated carbocycles. The van der Waals surface area contributed by atoms with Gasteiger partial charge in [0.15, 0.2) is 5.13 Å². The third-order valence-electron chi connectivity index (χ3n) is 5.91. The van der Waals surface area contributed by atoms with Crippen LogP contribution in [0.3, 0.4) is 0 Å². The number of carbonyl (C=O) groups is 5. The van der Waals surface area contributed by atoms with E-state index in [-0.39, 0.29) is 5.91 Å². The molecule has 2 aliphatic rings. The third kappa shape index (κ3) is 10.8. The number of aliphatic carboxylic acids is 4. The quantitative estimate of drug-likeness (QED) is 0.366. The summed E-state index contributed by atoms with van der Waals surface area (Å²) in [6.45, 7) is 4.65. The highest BCUT2D eigenvalue weighted by Gasteiger charge is 2.31. The number of halogens is 3. The van der Waals surface area contributed by atoms with E-state index in [4.69, 9.17) is 39.6 Å². The monoisotopic (exact) mass is 616 g/mol. The van der Waals surface area contributed by atoms with Gasteiger partial charge < -0.3 is 30.2 Å². The molecule has 17 heteroatoms. The van der Waals surface area contributed by atoms with Gasteiger partial charge in [0, 0.05) is 50.8 Å². The van der Waals surface area contributed by atoms with Crippen molar-refractivity contribution in [3.05, 3.63) is 53.0 Å². The molecule has 1 fully saturated rings. The Labute approximate surface area is 240 Å². The third-order valence-corrected chi connectivity index (χ3v) is 6.74. The zero-order valence-corrected chi connectivity index (χ0v) is 22.7. The van der Waals surface area contributed by atoms with Crippen molar-refractivity contribution in [1.29, 1.82) is 0 Å². The molecule has 1 aromatic heterocycles. The minimum absolute atomic E-state index is 0.0667. The first kappa shape index (κ1) is 33.7. The van der Waals surface area contributed by atoms with Crippen LogP contribution in [0.5, 0.6) is 0 Å². The summed E-state index contributed by atoms with van der Waals surface area (Å²) in [4.78, 5) is 59.6. The van der Waals surface area contributed by atoms with E-state index < -0.39 is 35.6 Å². The summed E-state index contributed by atoms with van der Waals surface area (Å²) in [6.07, 6.45) is -0.119. The normalized spacial score (nSPS) is 15.3. The Morgan fingerprint density at radius 1 is 0.881 bits per heavy atom. The Morgan fingerprint density at radius 3 is 1.93 bits per heavy atom. The molecule has 0 radical (unpaired) electrons. The number of thiazole rings is 1. The number of nitrogens with zero attached hydrogens (tertiary/aromatic N) is 4. The molecule has 1 amide bonds. The predicted molar refractivity (Wildman–Crippen MR) is 142 cm³/mol. The lowest BCUT2D eigenvalue weighted by Crippen LogP contribution is -2.50. The van der Waals surface area contributed by atoms with Gasteiger partial charge in [0.1, 0.15) is 0 Å². The van der Waals surface area contributed by atoms with Gasteiger partial charge in [-0.1, -0.05) is 18.2 Å². The first-order chi connectivity index (χ1) is 19.7. The fourth-order valence-corrected chi connectivity index (χ4v) is 4.51. The van der Waals surface area contributed by atoms with Crippen LogP contribution in [0.2, 0.25) is 0 Å². The van der Waals surface area contributed by atoms with E-state index >= 15 is 0 Å². The maximum Gasteiger partial charge on any atom is 0.416 e. The Kier molecular flexibility index (Phi) is 12.4. The molecule has 228 valence electrons. The molecule has 0 unspecified atom stereocenters. The van der Waals surface area contributed by atoms with Gasteiger partial charge in [-0.05, 0) is 29.7 Å². The lowest BCUT2D eigenvalue weighted by atomic mass is 9.97.